The monoisotopic (exact) mass is 276 g/mol. The minimum absolute atomic E-state index is 0.256. The maximum absolute atomic E-state index is 12.7. The standard InChI is InChI=1S/C14H16N2O4/c1-14-8-20-7-11(14)15-13(18)16(12(14)17)9-5-3-4-6-10(9)19-2/h3-6,11H,7-8H2,1-2H3,(H,15,18). The molecule has 0 saturated carbocycles. The van der Waals surface area contributed by atoms with Crippen molar-refractivity contribution in [3.63, 3.8) is 0 Å². The summed E-state index contributed by atoms with van der Waals surface area (Å²) in [5.74, 6) is 0.227. The smallest absolute Gasteiger partial charge is 0.329 e. The first kappa shape index (κ1) is 12.9. The number of nitrogens with one attached hydrogen (secondary N) is 1. The predicted molar refractivity (Wildman–Crippen MR) is 71.7 cm³/mol. The molecule has 6 nitrogen and oxygen atoms in total. The van der Waals surface area contributed by atoms with E-state index in [9.17, 15) is 9.59 Å². The van der Waals surface area contributed by atoms with Crippen LogP contribution in [-0.2, 0) is 9.53 Å². The Labute approximate surface area is 116 Å². The number of carbonyl (C=O) groups is 2. The molecular formula is C14H16N2O4. The largest absolute Gasteiger partial charge is 0.495 e. The topological polar surface area (TPSA) is 67.9 Å². The van der Waals surface area contributed by atoms with Crippen LogP contribution in [-0.4, -0.2) is 38.3 Å². The summed E-state index contributed by atoms with van der Waals surface area (Å²) in [6.45, 7) is 2.49. The summed E-state index contributed by atoms with van der Waals surface area (Å²) in [6, 6.07) is 6.25. The van der Waals surface area contributed by atoms with E-state index in [-0.39, 0.29) is 11.9 Å². The molecule has 2 fully saturated rings. The van der Waals surface area contributed by atoms with Gasteiger partial charge in [0.15, 0.2) is 0 Å². The van der Waals surface area contributed by atoms with Crippen LogP contribution in [0.1, 0.15) is 6.92 Å². The lowest BCUT2D eigenvalue weighted by atomic mass is 9.82. The minimum atomic E-state index is -0.727. The Bertz CT molecular complexity index is 574. The second-order valence-corrected chi connectivity index (χ2v) is 5.25. The third kappa shape index (κ3) is 1.68. The molecule has 0 aromatic heterocycles. The number of imide groups is 1. The van der Waals surface area contributed by atoms with Gasteiger partial charge in [-0.15, -0.1) is 0 Å². The number of hydrogen-bond donors (Lipinski definition) is 1. The van der Waals surface area contributed by atoms with Gasteiger partial charge in [0.2, 0.25) is 5.91 Å². The summed E-state index contributed by atoms with van der Waals surface area (Å²) in [7, 11) is 1.51. The van der Waals surface area contributed by atoms with Crippen molar-refractivity contribution in [1.29, 1.82) is 0 Å². The molecule has 0 spiro atoms. The first-order chi connectivity index (χ1) is 9.58. The Morgan fingerprint density at radius 2 is 2.15 bits per heavy atom. The maximum atomic E-state index is 12.7. The third-order valence-electron chi connectivity index (χ3n) is 3.97. The Balaban J connectivity index is 2.04. The van der Waals surface area contributed by atoms with E-state index in [0.717, 1.165) is 4.90 Å². The lowest BCUT2D eigenvalue weighted by molar-refractivity contribution is -0.128. The van der Waals surface area contributed by atoms with Crippen LogP contribution in [0.15, 0.2) is 24.3 Å². The number of carbonyl (C=O) groups excluding carboxylic acids is 2. The number of rotatable bonds is 2. The van der Waals surface area contributed by atoms with Gasteiger partial charge in [0.1, 0.15) is 5.75 Å². The highest BCUT2D eigenvalue weighted by Crippen LogP contribution is 2.38. The van der Waals surface area contributed by atoms with Gasteiger partial charge in [-0.1, -0.05) is 12.1 Å². The Kier molecular flexibility index (Phi) is 2.90. The van der Waals surface area contributed by atoms with Crippen LogP contribution < -0.4 is 15.0 Å². The number of anilines is 1. The molecule has 3 rings (SSSR count). The zero-order chi connectivity index (χ0) is 14.3. The molecular weight excluding hydrogens is 260 g/mol. The van der Waals surface area contributed by atoms with E-state index in [0.29, 0.717) is 24.7 Å². The fourth-order valence-corrected chi connectivity index (χ4v) is 2.68. The van der Waals surface area contributed by atoms with Crippen molar-refractivity contribution in [3.05, 3.63) is 24.3 Å². The number of benzene rings is 1. The van der Waals surface area contributed by atoms with Crippen molar-refractivity contribution in [1.82, 2.24) is 5.32 Å². The molecule has 2 aliphatic heterocycles. The highest BCUT2D eigenvalue weighted by atomic mass is 16.5. The Hall–Kier alpha value is -2.08. The SMILES string of the molecule is COc1ccccc1N1C(=O)NC2COCC2(C)C1=O. The average molecular weight is 276 g/mol. The molecule has 1 aromatic rings. The summed E-state index contributed by atoms with van der Waals surface area (Å²) in [5, 5.41) is 2.83. The highest BCUT2D eigenvalue weighted by Gasteiger charge is 2.54. The fraction of sp³-hybridized carbons (Fsp3) is 0.429. The normalized spacial score (nSPS) is 29.1. The number of hydrogen-bond acceptors (Lipinski definition) is 4. The second kappa shape index (κ2) is 4.49. The van der Waals surface area contributed by atoms with Crippen LogP contribution in [0.2, 0.25) is 0 Å². The molecule has 106 valence electrons. The van der Waals surface area contributed by atoms with Crippen molar-refractivity contribution in [3.8, 4) is 5.75 Å². The van der Waals surface area contributed by atoms with Gasteiger partial charge in [-0.05, 0) is 19.1 Å². The van der Waals surface area contributed by atoms with Crippen LogP contribution in [0.25, 0.3) is 0 Å². The van der Waals surface area contributed by atoms with Gasteiger partial charge in [0.25, 0.3) is 0 Å². The Morgan fingerprint density at radius 3 is 2.90 bits per heavy atom. The number of urea groups is 1. The first-order valence-corrected chi connectivity index (χ1v) is 6.44. The molecule has 0 radical (unpaired) electrons. The molecule has 20 heavy (non-hydrogen) atoms. The van der Waals surface area contributed by atoms with Crippen LogP contribution in [0, 0.1) is 5.41 Å². The van der Waals surface area contributed by atoms with Gasteiger partial charge in [-0.2, -0.15) is 0 Å². The lowest BCUT2D eigenvalue weighted by Crippen LogP contribution is -2.65. The minimum Gasteiger partial charge on any atom is -0.495 e. The molecule has 2 heterocycles. The van der Waals surface area contributed by atoms with Crippen LogP contribution >= 0.6 is 0 Å². The Morgan fingerprint density at radius 1 is 1.40 bits per heavy atom. The lowest BCUT2D eigenvalue weighted by Gasteiger charge is -2.39. The van der Waals surface area contributed by atoms with Gasteiger partial charge in [0, 0.05) is 0 Å². The van der Waals surface area contributed by atoms with Gasteiger partial charge < -0.3 is 14.8 Å². The van der Waals surface area contributed by atoms with Crippen molar-refractivity contribution >= 4 is 17.6 Å². The van der Waals surface area contributed by atoms with E-state index in [2.05, 4.69) is 5.32 Å². The van der Waals surface area contributed by atoms with Gasteiger partial charge in [-0.25, -0.2) is 9.69 Å². The van der Waals surface area contributed by atoms with E-state index in [1.54, 1.807) is 24.3 Å². The van der Waals surface area contributed by atoms with Crippen LogP contribution in [0.3, 0.4) is 0 Å². The number of fused-ring (bicyclic) bond motifs is 1. The summed E-state index contributed by atoms with van der Waals surface area (Å²) in [6.07, 6.45) is 0. The van der Waals surface area contributed by atoms with E-state index in [4.69, 9.17) is 9.47 Å². The van der Waals surface area contributed by atoms with Crippen LogP contribution in [0.4, 0.5) is 10.5 Å². The van der Waals surface area contributed by atoms with Gasteiger partial charge in [-0.3, -0.25) is 4.79 Å². The molecule has 2 unspecified atom stereocenters. The number of para-hydroxylation sites is 2. The molecule has 3 amide bonds. The van der Waals surface area contributed by atoms with E-state index >= 15 is 0 Å². The molecule has 6 heteroatoms. The number of nitrogens with zero attached hydrogens (tertiary/aromatic N) is 1. The van der Waals surface area contributed by atoms with E-state index in [1.165, 1.54) is 7.11 Å². The molecule has 0 bridgehead atoms. The fourth-order valence-electron chi connectivity index (χ4n) is 2.68. The molecule has 1 aromatic carbocycles. The summed E-state index contributed by atoms with van der Waals surface area (Å²) >= 11 is 0. The van der Waals surface area contributed by atoms with Gasteiger partial charge >= 0.3 is 6.03 Å². The van der Waals surface area contributed by atoms with E-state index in [1.807, 2.05) is 6.92 Å². The second-order valence-electron chi connectivity index (χ2n) is 5.25. The quantitative estimate of drug-likeness (QED) is 0.880. The zero-order valence-electron chi connectivity index (χ0n) is 11.4. The highest BCUT2D eigenvalue weighted by molar-refractivity contribution is 6.19. The van der Waals surface area contributed by atoms with Crippen molar-refractivity contribution in [2.75, 3.05) is 25.2 Å². The number of amides is 3. The summed E-state index contributed by atoms with van der Waals surface area (Å²) in [5.41, 5.74) is -0.279. The average Bonchev–Trinajstić information content (AvgIpc) is 2.82. The molecule has 1 N–H and O–H groups in total. The van der Waals surface area contributed by atoms with Crippen LogP contribution in [0.5, 0.6) is 5.75 Å². The summed E-state index contributed by atoms with van der Waals surface area (Å²) in [4.78, 5) is 26.1. The number of methoxy groups -OCH3 is 1. The zero-order valence-corrected chi connectivity index (χ0v) is 11.4. The predicted octanol–water partition coefficient (Wildman–Crippen LogP) is 1.16. The van der Waals surface area contributed by atoms with Crippen molar-refractivity contribution < 1.29 is 19.1 Å². The van der Waals surface area contributed by atoms with Gasteiger partial charge in [0.05, 0.1) is 37.5 Å². The number of ether oxygens (including phenoxy) is 2. The molecule has 0 aliphatic carbocycles. The molecule has 2 atom stereocenters. The van der Waals surface area contributed by atoms with E-state index < -0.39 is 11.4 Å². The third-order valence-corrected chi connectivity index (χ3v) is 3.97. The molecule has 2 saturated heterocycles. The summed E-state index contributed by atoms with van der Waals surface area (Å²) < 4.78 is 10.6. The molecule has 2 aliphatic rings. The first-order valence-electron chi connectivity index (χ1n) is 6.44. The van der Waals surface area contributed by atoms with Crippen molar-refractivity contribution in [2.24, 2.45) is 5.41 Å². The maximum Gasteiger partial charge on any atom is 0.329 e. The van der Waals surface area contributed by atoms with Crippen molar-refractivity contribution in [2.45, 2.75) is 13.0 Å².